The lowest BCUT2D eigenvalue weighted by molar-refractivity contribution is 0.244. The van der Waals surface area contributed by atoms with E-state index in [1.807, 2.05) is 62.4 Å². The van der Waals surface area contributed by atoms with Crippen LogP contribution in [-0.4, -0.2) is 16.2 Å². The molecule has 3 aromatic carbocycles. The smallest absolute Gasteiger partial charge is 0.326 e. The molecule has 1 N–H and O–H groups in total. The molecule has 5 rings (SSSR count). The molecule has 1 unspecified atom stereocenters. The van der Waals surface area contributed by atoms with Gasteiger partial charge in [0.25, 0.3) is 5.89 Å². The fourth-order valence-corrected chi connectivity index (χ4v) is 4.42. The normalized spacial score (nSPS) is 16.1. The lowest BCUT2D eigenvalue weighted by Gasteiger charge is -2.35. The lowest BCUT2D eigenvalue weighted by Crippen LogP contribution is -2.46. The molecular weight excluding hydrogens is 471 g/mol. The van der Waals surface area contributed by atoms with Crippen LogP contribution in [0.25, 0.3) is 17.0 Å². The summed E-state index contributed by atoms with van der Waals surface area (Å²) in [6.07, 6.45) is 0. The maximum atomic E-state index is 13.3. The summed E-state index contributed by atoms with van der Waals surface area (Å²) in [7, 11) is 0. The van der Waals surface area contributed by atoms with Gasteiger partial charge in [-0.25, -0.2) is 4.79 Å². The first-order chi connectivity index (χ1) is 16.4. The molecule has 1 aliphatic rings. The van der Waals surface area contributed by atoms with Crippen LogP contribution in [-0.2, 0) is 0 Å². The van der Waals surface area contributed by atoms with Crippen LogP contribution in [0.2, 0.25) is 10.0 Å². The number of urea groups is 1. The average molecular weight is 491 g/mol. The number of hydrogen-bond acceptors (Lipinski definition) is 4. The average Bonchev–Trinajstić information content (AvgIpc) is 3.29. The molecule has 6 nitrogen and oxygen atoms in total. The van der Waals surface area contributed by atoms with Gasteiger partial charge in [-0.05, 0) is 49.7 Å². The van der Waals surface area contributed by atoms with E-state index < -0.39 is 6.04 Å². The van der Waals surface area contributed by atoms with Gasteiger partial charge in [0, 0.05) is 21.3 Å². The Morgan fingerprint density at radius 2 is 1.65 bits per heavy atom. The first-order valence-corrected chi connectivity index (χ1v) is 11.4. The van der Waals surface area contributed by atoms with E-state index in [4.69, 9.17) is 27.7 Å². The zero-order valence-corrected chi connectivity index (χ0v) is 19.9. The minimum atomic E-state index is -0.534. The number of benzene rings is 3. The van der Waals surface area contributed by atoms with Crippen molar-refractivity contribution in [3.05, 3.63) is 106 Å². The van der Waals surface area contributed by atoms with Crippen molar-refractivity contribution in [2.45, 2.75) is 19.9 Å². The number of anilines is 1. The summed E-state index contributed by atoms with van der Waals surface area (Å²) in [4.78, 5) is 19.5. The summed E-state index contributed by atoms with van der Waals surface area (Å²) in [5.41, 5.74) is 4.73. The molecule has 2 heterocycles. The monoisotopic (exact) mass is 490 g/mol. The summed E-state index contributed by atoms with van der Waals surface area (Å²) in [6.45, 7) is 3.87. The second-order valence-electron chi connectivity index (χ2n) is 8.04. The fourth-order valence-electron chi connectivity index (χ4n) is 4.04. The Morgan fingerprint density at radius 3 is 2.35 bits per heavy atom. The SMILES string of the molecule is CC1=C(c2nc(-c3ccc(C)cc3)no2)C(c2cccc(Cl)c2)NC(=O)N1c1cccc(Cl)c1. The van der Waals surface area contributed by atoms with Crippen LogP contribution in [0.4, 0.5) is 10.5 Å². The number of halogens is 2. The number of carbonyl (C=O) groups is 1. The van der Waals surface area contributed by atoms with E-state index in [0.29, 0.717) is 38.7 Å². The second-order valence-corrected chi connectivity index (χ2v) is 8.91. The lowest BCUT2D eigenvalue weighted by atomic mass is 9.94. The fraction of sp³-hybridized carbons (Fsp3) is 0.115. The summed E-state index contributed by atoms with van der Waals surface area (Å²) in [5.74, 6) is 0.774. The Labute approximate surface area is 206 Å². The number of rotatable bonds is 4. The molecule has 2 amide bonds. The topological polar surface area (TPSA) is 71.3 Å². The van der Waals surface area contributed by atoms with Crippen molar-refractivity contribution < 1.29 is 9.32 Å². The van der Waals surface area contributed by atoms with E-state index in [-0.39, 0.29) is 6.03 Å². The van der Waals surface area contributed by atoms with Gasteiger partial charge in [-0.3, -0.25) is 4.90 Å². The van der Waals surface area contributed by atoms with Crippen molar-refractivity contribution in [1.82, 2.24) is 15.5 Å². The van der Waals surface area contributed by atoms with Gasteiger partial charge in [0.2, 0.25) is 5.82 Å². The van der Waals surface area contributed by atoms with E-state index >= 15 is 0 Å². The third kappa shape index (κ3) is 4.18. The minimum absolute atomic E-state index is 0.299. The number of hydrogen-bond donors (Lipinski definition) is 1. The standard InChI is InChI=1S/C26H20Cl2N4O2/c1-15-9-11-17(12-10-15)24-30-25(34-31-24)22-16(2)32(21-8-4-7-20(28)14-21)26(33)29-23(22)18-5-3-6-19(27)13-18/h3-14,23H,1-2H3,(H,29,33). The highest BCUT2D eigenvalue weighted by atomic mass is 35.5. The van der Waals surface area contributed by atoms with Crippen LogP contribution in [0.3, 0.4) is 0 Å². The maximum Gasteiger partial charge on any atom is 0.326 e. The molecule has 1 aliphatic heterocycles. The van der Waals surface area contributed by atoms with E-state index in [1.165, 1.54) is 0 Å². The zero-order valence-electron chi connectivity index (χ0n) is 18.4. The van der Waals surface area contributed by atoms with Crippen molar-refractivity contribution in [3.8, 4) is 11.4 Å². The van der Waals surface area contributed by atoms with Crippen molar-refractivity contribution in [1.29, 1.82) is 0 Å². The van der Waals surface area contributed by atoms with E-state index in [9.17, 15) is 4.79 Å². The number of allylic oxidation sites excluding steroid dienone is 1. The Kier molecular flexibility index (Phi) is 5.86. The van der Waals surface area contributed by atoms with Gasteiger partial charge >= 0.3 is 6.03 Å². The summed E-state index contributed by atoms with van der Waals surface area (Å²) in [6, 6.07) is 21.5. The molecule has 1 atom stereocenters. The van der Waals surface area contributed by atoms with Crippen LogP contribution in [0, 0.1) is 6.92 Å². The predicted octanol–water partition coefficient (Wildman–Crippen LogP) is 7.05. The van der Waals surface area contributed by atoms with Gasteiger partial charge in [0.05, 0.1) is 17.3 Å². The van der Waals surface area contributed by atoms with Crippen LogP contribution in [0.1, 0.15) is 30.0 Å². The molecule has 0 radical (unpaired) electrons. The Hall–Kier alpha value is -3.61. The molecule has 0 saturated heterocycles. The second kappa shape index (κ2) is 8.97. The summed E-state index contributed by atoms with van der Waals surface area (Å²) < 4.78 is 5.73. The minimum Gasteiger partial charge on any atom is -0.334 e. The number of aromatic nitrogens is 2. The number of nitrogens with one attached hydrogen (secondary N) is 1. The predicted molar refractivity (Wildman–Crippen MR) is 134 cm³/mol. The molecular formula is C26H20Cl2N4O2. The maximum absolute atomic E-state index is 13.3. The highest BCUT2D eigenvalue weighted by Gasteiger charge is 2.36. The highest BCUT2D eigenvalue weighted by molar-refractivity contribution is 6.31. The van der Waals surface area contributed by atoms with Crippen LogP contribution in [0.15, 0.2) is 83.0 Å². The first-order valence-electron chi connectivity index (χ1n) is 10.6. The third-order valence-electron chi connectivity index (χ3n) is 5.70. The van der Waals surface area contributed by atoms with Gasteiger partial charge in [-0.1, -0.05) is 76.4 Å². The quantitative estimate of drug-likeness (QED) is 0.332. The first kappa shape index (κ1) is 22.2. The van der Waals surface area contributed by atoms with E-state index in [1.54, 1.807) is 29.2 Å². The summed E-state index contributed by atoms with van der Waals surface area (Å²) in [5, 5.41) is 8.35. The Morgan fingerprint density at radius 1 is 0.941 bits per heavy atom. The molecule has 0 saturated carbocycles. The third-order valence-corrected chi connectivity index (χ3v) is 6.17. The van der Waals surface area contributed by atoms with Gasteiger partial charge in [0.1, 0.15) is 0 Å². The number of amides is 2. The molecule has 8 heteroatoms. The highest BCUT2D eigenvalue weighted by Crippen LogP contribution is 2.40. The molecule has 0 bridgehead atoms. The van der Waals surface area contributed by atoms with Crippen molar-refractivity contribution in [2.24, 2.45) is 0 Å². The molecule has 0 spiro atoms. The molecule has 0 aliphatic carbocycles. The Bertz CT molecular complexity index is 1410. The molecule has 170 valence electrons. The number of nitrogens with zero attached hydrogens (tertiary/aromatic N) is 3. The van der Waals surface area contributed by atoms with E-state index in [0.717, 1.165) is 16.7 Å². The molecule has 4 aromatic rings. The Balaban J connectivity index is 1.66. The van der Waals surface area contributed by atoms with Crippen LogP contribution >= 0.6 is 23.2 Å². The van der Waals surface area contributed by atoms with Gasteiger partial charge in [-0.2, -0.15) is 4.98 Å². The van der Waals surface area contributed by atoms with E-state index in [2.05, 4.69) is 15.5 Å². The number of aryl methyl sites for hydroxylation is 1. The molecule has 0 fully saturated rings. The van der Waals surface area contributed by atoms with Crippen LogP contribution < -0.4 is 10.2 Å². The van der Waals surface area contributed by atoms with Crippen LogP contribution in [0.5, 0.6) is 0 Å². The van der Waals surface area contributed by atoms with Crippen molar-refractivity contribution >= 4 is 40.5 Å². The van der Waals surface area contributed by atoms with Gasteiger partial charge in [-0.15, -0.1) is 0 Å². The number of carbonyl (C=O) groups excluding carboxylic acids is 1. The molecule has 34 heavy (non-hydrogen) atoms. The van der Waals surface area contributed by atoms with Gasteiger partial charge in [0.15, 0.2) is 0 Å². The van der Waals surface area contributed by atoms with Crippen molar-refractivity contribution in [3.63, 3.8) is 0 Å². The largest absolute Gasteiger partial charge is 0.334 e. The summed E-state index contributed by atoms with van der Waals surface area (Å²) >= 11 is 12.5. The molecule has 1 aromatic heterocycles. The zero-order chi connectivity index (χ0) is 23.8. The van der Waals surface area contributed by atoms with Crippen molar-refractivity contribution in [2.75, 3.05) is 4.90 Å². The van der Waals surface area contributed by atoms with Gasteiger partial charge < -0.3 is 9.84 Å².